The summed E-state index contributed by atoms with van der Waals surface area (Å²) in [5.74, 6) is -0.408. The maximum absolute atomic E-state index is 12.9. The van der Waals surface area contributed by atoms with Gasteiger partial charge < -0.3 is 4.74 Å². The van der Waals surface area contributed by atoms with Crippen molar-refractivity contribution < 1.29 is 17.9 Å². The molecule has 7 heteroatoms. The second kappa shape index (κ2) is 6.70. The van der Waals surface area contributed by atoms with Crippen molar-refractivity contribution in [2.75, 3.05) is 6.61 Å². The molecular weight excluding hydrogens is 328 g/mol. The summed E-state index contributed by atoms with van der Waals surface area (Å²) in [4.78, 5) is 16.2. The average molecular weight is 346 g/mol. The summed E-state index contributed by atoms with van der Waals surface area (Å²) in [5, 5.41) is 0. The van der Waals surface area contributed by atoms with Crippen molar-refractivity contribution in [1.82, 2.24) is 9.29 Å². The second-order valence-electron chi connectivity index (χ2n) is 5.47. The highest BCUT2D eigenvalue weighted by atomic mass is 32.2. The van der Waals surface area contributed by atoms with E-state index in [1.807, 2.05) is 0 Å². The van der Waals surface area contributed by atoms with Gasteiger partial charge in [-0.2, -0.15) is 4.31 Å². The number of sulfonamides is 1. The van der Waals surface area contributed by atoms with E-state index in [1.54, 1.807) is 55.7 Å². The molecule has 126 valence electrons. The fraction of sp³-hybridized carbons (Fsp3) is 0.294. The molecule has 0 N–H and O–H groups in total. The van der Waals surface area contributed by atoms with Gasteiger partial charge in [0.1, 0.15) is 0 Å². The quantitative estimate of drug-likeness (QED) is 0.776. The van der Waals surface area contributed by atoms with Crippen LogP contribution < -0.4 is 0 Å². The van der Waals surface area contributed by atoms with Gasteiger partial charge >= 0.3 is 5.97 Å². The van der Waals surface area contributed by atoms with E-state index >= 15 is 0 Å². The fourth-order valence-corrected chi connectivity index (χ4v) is 4.74. The van der Waals surface area contributed by atoms with E-state index in [0.717, 1.165) is 5.56 Å². The molecule has 0 spiro atoms. The van der Waals surface area contributed by atoms with E-state index in [2.05, 4.69) is 4.98 Å². The molecule has 1 aromatic carbocycles. The normalized spacial score (nSPS) is 19.0. The van der Waals surface area contributed by atoms with Gasteiger partial charge in [0.05, 0.1) is 24.0 Å². The topological polar surface area (TPSA) is 76.6 Å². The highest BCUT2D eigenvalue weighted by molar-refractivity contribution is 7.89. The molecule has 0 saturated heterocycles. The summed E-state index contributed by atoms with van der Waals surface area (Å²) in [7, 11) is -3.65. The first-order chi connectivity index (χ1) is 11.5. The molecule has 6 nitrogen and oxygen atoms in total. The number of carbonyl (C=O) groups excluding carboxylic acids is 1. The van der Waals surface area contributed by atoms with Gasteiger partial charge in [-0.1, -0.05) is 18.2 Å². The van der Waals surface area contributed by atoms with E-state index < -0.39 is 22.0 Å². The maximum Gasteiger partial charge on any atom is 0.307 e. The zero-order valence-electron chi connectivity index (χ0n) is 13.3. The Morgan fingerprint density at radius 3 is 2.62 bits per heavy atom. The first-order valence-corrected chi connectivity index (χ1v) is 9.13. The summed E-state index contributed by atoms with van der Waals surface area (Å²) in [6, 6.07) is 9.77. The number of aromatic nitrogens is 1. The van der Waals surface area contributed by atoms with Crippen LogP contribution in [0.5, 0.6) is 0 Å². The van der Waals surface area contributed by atoms with E-state index in [-0.39, 0.29) is 24.5 Å². The SMILES string of the molecule is CCOC(=O)C[C@H]1c2ccccc2S(=O)(=O)N1Cc1ccncc1. The van der Waals surface area contributed by atoms with E-state index in [1.165, 1.54) is 4.31 Å². The van der Waals surface area contributed by atoms with Gasteiger partial charge in [0.15, 0.2) is 0 Å². The van der Waals surface area contributed by atoms with Crippen molar-refractivity contribution in [3.05, 3.63) is 59.9 Å². The van der Waals surface area contributed by atoms with Gasteiger partial charge in [-0.05, 0) is 36.2 Å². The molecule has 0 radical (unpaired) electrons. The summed E-state index contributed by atoms with van der Waals surface area (Å²) in [6.45, 7) is 2.18. The Morgan fingerprint density at radius 2 is 1.92 bits per heavy atom. The lowest BCUT2D eigenvalue weighted by Gasteiger charge is -2.23. The van der Waals surface area contributed by atoms with Crippen molar-refractivity contribution in [2.24, 2.45) is 0 Å². The molecular formula is C17H18N2O4S. The van der Waals surface area contributed by atoms with Crippen molar-refractivity contribution in [1.29, 1.82) is 0 Å². The Bertz CT molecular complexity index is 837. The smallest absolute Gasteiger partial charge is 0.307 e. The lowest BCUT2D eigenvalue weighted by atomic mass is 10.0. The summed E-state index contributed by atoms with van der Waals surface area (Å²) in [6.07, 6.45) is 3.23. The number of carbonyl (C=O) groups is 1. The summed E-state index contributed by atoms with van der Waals surface area (Å²) >= 11 is 0. The molecule has 24 heavy (non-hydrogen) atoms. The molecule has 2 aromatic rings. The number of esters is 1. The number of fused-ring (bicyclic) bond motifs is 1. The van der Waals surface area contributed by atoms with E-state index in [4.69, 9.17) is 4.74 Å². The van der Waals surface area contributed by atoms with Crippen LogP contribution in [0.2, 0.25) is 0 Å². The molecule has 1 atom stereocenters. The van der Waals surface area contributed by atoms with Gasteiger partial charge in [0.25, 0.3) is 0 Å². The van der Waals surface area contributed by atoms with Gasteiger partial charge in [0.2, 0.25) is 10.0 Å². The number of hydrogen-bond donors (Lipinski definition) is 0. The minimum atomic E-state index is -3.65. The Labute approximate surface area is 141 Å². The van der Waals surface area contributed by atoms with Crippen LogP contribution in [0.15, 0.2) is 53.7 Å². The lowest BCUT2D eigenvalue weighted by Crippen LogP contribution is -2.29. The minimum absolute atomic E-state index is 0.00479. The zero-order chi connectivity index (χ0) is 17.2. The average Bonchev–Trinajstić information content (AvgIpc) is 2.78. The monoisotopic (exact) mass is 346 g/mol. The fourth-order valence-electron chi connectivity index (χ4n) is 2.89. The number of pyridine rings is 1. The van der Waals surface area contributed by atoms with Gasteiger partial charge in [-0.25, -0.2) is 8.42 Å². The van der Waals surface area contributed by atoms with Crippen LogP contribution >= 0.6 is 0 Å². The molecule has 2 heterocycles. The molecule has 0 amide bonds. The lowest BCUT2D eigenvalue weighted by molar-refractivity contribution is -0.144. The molecule has 3 rings (SSSR count). The Morgan fingerprint density at radius 1 is 1.21 bits per heavy atom. The van der Waals surface area contributed by atoms with Crippen LogP contribution in [0.25, 0.3) is 0 Å². The van der Waals surface area contributed by atoms with Gasteiger partial charge in [-0.3, -0.25) is 9.78 Å². The summed E-state index contributed by atoms with van der Waals surface area (Å²) < 4.78 is 32.2. The van der Waals surface area contributed by atoms with Crippen LogP contribution in [0.1, 0.15) is 30.5 Å². The number of nitrogens with zero attached hydrogens (tertiary/aromatic N) is 2. The molecule has 0 fully saturated rings. The predicted octanol–water partition coefficient (Wildman–Crippen LogP) is 2.28. The van der Waals surface area contributed by atoms with E-state index in [9.17, 15) is 13.2 Å². The predicted molar refractivity (Wildman–Crippen MR) is 87.4 cm³/mol. The number of benzene rings is 1. The molecule has 1 aromatic heterocycles. The molecule has 1 aliphatic rings. The van der Waals surface area contributed by atoms with Crippen molar-refractivity contribution in [2.45, 2.75) is 30.8 Å². The molecule has 0 bridgehead atoms. The van der Waals surface area contributed by atoms with Gasteiger partial charge in [0, 0.05) is 18.9 Å². The van der Waals surface area contributed by atoms with Gasteiger partial charge in [-0.15, -0.1) is 0 Å². The Kier molecular flexibility index (Phi) is 4.64. The van der Waals surface area contributed by atoms with Crippen molar-refractivity contribution in [3.8, 4) is 0 Å². The number of rotatable bonds is 5. The van der Waals surface area contributed by atoms with Crippen molar-refractivity contribution in [3.63, 3.8) is 0 Å². The van der Waals surface area contributed by atoms with Crippen LogP contribution in [-0.4, -0.2) is 30.3 Å². The molecule has 0 saturated carbocycles. The maximum atomic E-state index is 12.9. The minimum Gasteiger partial charge on any atom is -0.466 e. The third-order valence-corrected chi connectivity index (χ3v) is 5.89. The first kappa shape index (κ1) is 16.6. The highest BCUT2D eigenvalue weighted by Gasteiger charge is 2.43. The van der Waals surface area contributed by atoms with Crippen molar-refractivity contribution >= 4 is 16.0 Å². The molecule has 0 aliphatic carbocycles. The highest BCUT2D eigenvalue weighted by Crippen LogP contribution is 2.42. The first-order valence-electron chi connectivity index (χ1n) is 7.69. The van der Waals surface area contributed by atoms with Crippen LogP contribution in [0.4, 0.5) is 0 Å². The third kappa shape index (κ3) is 3.05. The Balaban J connectivity index is 1.99. The van der Waals surface area contributed by atoms with E-state index in [0.29, 0.717) is 5.56 Å². The molecule has 0 unspecified atom stereocenters. The third-order valence-electron chi connectivity index (χ3n) is 3.97. The number of ether oxygens (including phenoxy) is 1. The number of hydrogen-bond acceptors (Lipinski definition) is 5. The molecule has 1 aliphatic heterocycles. The largest absolute Gasteiger partial charge is 0.466 e. The summed E-state index contributed by atoms with van der Waals surface area (Å²) in [5.41, 5.74) is 1.45. The second-order valence-corrected chi connectivity index (χ2v) is 7.33. The zero-order valence-corrected chi connectivity index (χ0v) is 14.1. The Hall–Kier alpha value is -2.25. The van der Waals surface area contributed by atoms with Crippen LogP contribution in [0, 0.1) is 0 Å². The van der Waals surface area contributed by atoms with Crippen LogP contribution in [0.3, 0.4) is 0 Å². The van der Waals surface area contributed by atoms with Crippen LogP contribution in [-0.2, 0) is 26.1 Å². The standard InChI is InChI=1S/C17H18N2O4S/c1-2-23-17(20)11-15-14-5-3-4-6-16(14)24(21,22)19(15)12-13-7-9-18-10-8-13/h3-10,15H,2,11-12H2,1H3/t15-/m0/s1.